The second-order valence-electron chi connectivity index (χ2n) is 7.35. The molecule has 0 saturated heterocycles. The number of halogens is 1. The van der Waals surface area contributed by atoms with Gasteiger partial charge in [-0.05, 0) is 35.4 Å². The molecule has 0 unspecified atom stereocenters. The Bertz CT molecular complexity index is 881. The molecule has 138 valence electrons. The van der Waals surface area contributed by atoms with Crippen LogP contribution in [-0.4, -0.2) is 12.0 Å². The van der Waals surface area contributed by atoms with Crippen LogP contribution in [0.3, 0.4) is 0 Å². The monoisotopic (exact) mass is 378 g/mol. The maximum Gasteiger partial charge on any atom is 0.127 e. The number of ether oxygens (including phenoxy) is 2. The Morgan fingerprint density at radius 1 is 0.852 bits per heavy atom. The molecule has 27 heavy (non-hydrogen) atoms. The molecule has 2 nitrogen and oxygen atoms in total. The van der Waals surface area contributed by atoms with Crippen molar-refractivity contribution in [2.24, 2.45) is 5.41 Å². The van der Waals surface area contributed by atoms with Crippen molar-refractivity contribution in [3.63, 3.8) is 0 Å². The molecular weight excluding hydrogens is 356 g/mol. The van der Waals surface area contributed by atoms with Crippen LogP contribution in [-0.2, 0) is 11.3 Å². The lowest BCUT2D eigenvalue weighted by molar-refractivity contribution is 0.0823. The van der Waals surface area contributed by atoms with Crippen molar-refractivity contribution in [1.29, 1.82) is 0 Å². The zero-order chi connectivity index (χ0) is 18.7. The second-order valence-corrected chi connectivity index (χ2v) is 7.82. The second kappa shape index (κ2) is 7.75. The highest BCUT2D eigenvalue weighted by Gasteiger charge is 2.61. The summed E-state index contributed by atoms with van der Waals surface area (Å²) < 4.78 is 11.9. The van der Waals surface area contributed by atoms with Crippen LogP contribution < -0.4 is 4.74 Å². The van der Waals surface area contributed by atoms with Gasteiger partial charge in [0.25, 0.3) is 0 Å². The van der Waals surface area contributed by atoms with E-state index in [0.717, 1.165) is 17.1 Å². The number of alkyl halides is 1. The van der Waals surface area contributed by atoms with Crippen molar-refractivity contribution < 1.29 is 9.47 Å². The molecule has 1 aliphatic rings. The minimum atomic E-state index is -0.0128. The molecule has 0 radical (unpaired) electrons. The van der Waals surface area contributed by atoms with Gasteiger partial charge in [0.15, 0.2) is 0 Å². The lowest BCUT2D eigenvalue weighted by Gasteiger charge is -2.13. The largest absolute Gasteiger partial charge is 0.457 e. The molecule has 0 bridgehead atoms. The molecule has 0 aliphatic heterocycles. The first kappa shape index (κ1) is 18.1. The van der Waals surface area contributed by atoms with E-state index in [9.17, 15) is 0 Å². The van der Waals surface area contributed by atoms with Gasteiger partial charge in [-0.1, -0.05) is 67.6 Å². The molecule has 1 aliphatic carbocycles. The summed E-state index contributed by atoms with van der Waals surface area (Å²) in [5.41, 5.74) is 2.37. The van der Waals surface area contributed by atoms with Crippen molar-refractivity contribution in [2.75, 3.05) is 6.61 Å². The van der Waals surface area contributed by atoms with Crippen molar-refractivity contribution in [2.45, 2.75) is 24.8 Å². The van der Waals surface area contributed by atoms with Crippen LogP contribution >= 0.6 is 11.6 Å². The normalized spacial score (nSPS) is 23.8. The van der Waals surface area contributed by atoms with Crippen molar-refractivity contribution in [3.05, 3.63) is 96.1 Å². The van der Waals surface area contributed by atoms with Crippen molar-refractivity contribution >= 4 is 11.6 Å². The fourth-order valence-corrected chi connectivity index (χ4v) is 4.16. The summed E-state index contributed by atoms with van der Waals surface area (Å²) in [6.07, 6.45) is 0. The highest BCUT2D eigenvalue weighted by molar-refractivity contribution is 6.24. The predicted molar refractivity (Wildman–Crippen MR) is 110 cm³/mol. The third-order valence-corrected chi connectivity index (χ3v) is 5.99. The fraction of sp³-hybridized carbons (Fsp3) is 0.250. The molecule has 0 spiro atoms. The molecule has 3 aromatic rings. The fourth-order valence-electron chi connectivity index (χ4n) is 3.60. The van der Waals surface area contributed by atoms with Gasteiger partial charge in [0, 0.05) is 16.7 Å². The minimum absolute atomic E-state index is 0.0128. The molecular formula is C24H23ClO2. The van der Waals surface area contributed by atoms with Crippen LogP contribution in [0, 0.1) is 5.41 Å². The standard InChI is InChI=1S/C24H23ClO2/c1-24(22(23(24)25)19-10-4-2-5-11-19)17-26-16-18-9-8-14-21(15-18)27-20-12-6-3-7-13-20/h2-15,22-23H,16-17H2,1H3/t22-,23-,24-/m0/s1. The van der Waals surface area contributed by atoms with Gasteiger partial charge in [-0.2, -0.15) is 0 Å². The average Bonchev–Trinajstić information content (AvgIpc) is 3.24. The lowest BCUT2D eigenvalue weighted by atomic mass is 10.0. The van der Waals surface area contributed by atoms with Gasteiger partial charge in [-0.15, -0.1) is 11.6 Å². The summed E-state index contributed by atoms with van der Waals surface area (Å²) in [6.45, 7) is 3.40. The minimum Gasteiger partial charge on any atom is -0.457 e. The Morgan fingerprint density at radius 2 is 1.52 bits per heavy atom. The molecule has 0 aromatic heterocycles. The van der Waals surface area contributed by atoms with Gasteiger partial charge in [0.05, 0.1) is 13.2 Å². The molecule has 1 fully saturated rings. The Kier molecular flexibility index (Phi) is 5.20. The van der Waals surface area contributed by atoms with E-state index in [1.165, 1.54) is 5.56 Å². The highest BCUT2D eigenvalue weighted by Crippen LogP contribution is 2.62. The van der Waals surface area contributed by atoms with E-state index in [-0.39, 0.29) is 10.8 Å². The summed E-state index contributed by atoms with van der Waals surface area (Å²) in [5.74, 6) is 2.00. The molecule has 0 N–H and O–H groups in total. The quantitative estimate of drug-likeness (QED) is 0.442. The third-order valence-electron chi connectivity index (χ3n) is 5.24. The molecule has 3 atom stereocenters. The molecule has 0 amide bonds. The van der Waals surface area contributed by atoms with Crippen LogP contribution in [0.15, 0.2) is 84.9 Å². The summed E-state index contributed by atoms with van der Waals surface area (Å²) >= 11 is 6.59. The summed E-state index contributed by atoms with van der Waals surface area (Å²) in [5, 5.41) is 0.118. The number of para-hydroxylation sites is 1. The van der Waals surface area contributed by atoms with Crippen molar-refractivity contribution in [1.82, 2.24) is 0 Å². The molecule has 1 saturated carbocycles. The smallest absolute Gasteiger partial charge is 0.127 e. The predicted octanol–water partition coefficient (Wildman–Crippen LogP) is 6.41. The first-order valence-electron chi connectivity index (χ1n) is 9.25. The zero-order valence-corrected chi connectivity index (χ0v) is 16.1. The van der Waals surface area contributed by atoms with Crippen LogP contribution in [0.25, 0.3) is 0 Å². The molecule has 3 heteroatoms. The maximum absolute atomic E-state index is 6.59. The molecule has 4 rings (SSSR count). The molecule has 3 aromatic carbocycles. The van der Waals surface area contributed by atoms with Crippen LogP contribution in [0.4, 0.5) is 0 Å². The van der Waals surface area contributed by atoms with E-state index in [1.54, 1.807) is 0 Å². The number of rotatable bonds is 7. The first-order chi connectivity index (χ1) is 13.2. The van der Waals surface area contributed by atoms with Gasteiger partial charge in [0.1, 0.15) is 11.5 Å². The maximum atomic E-state index is 6.59. The van der Waals surface area contributed by atoms with E-state index in [4.69, 9.17) is 21.1 Å². The van der Waals surface area contributed by atoms with Crippen LogP contribution in [0.1, 0.15) is 24.0 Å². The van der Waals surface area contributed by atoms with Gasteiger partial charge in [0.2, 0.25) is 0 Å². The van der Waals surface area contributed by atoms with Gasteiger partial charge in [-0.3, -0.25) is 0 Å². The van der Waals surface area contributed by atoms with Gasteiger partial charge < -0.3 is 9.47 Å². The van der Waals surface area contributed by atoms with Crippen LogP contribution in [0.5, 0.6) is 11.5 Å². The zero-order valence-electron chi connectivity index (χ0n) is 15.3. The van der Waals surface area contributed by atoms with E-state index < -0.39 is 0 Å². The summed E-state index contributed by atoms with van der Waals surface area (Å²) in [4.78, 5) is 0. The van der Waals surface area contributed by atoms with E-state index in [2.05, 4.69) is 37.3 Å². The van der Waals surface area contributed by atoms with Gasteiger partial charge >= 0.3 is 0 Å². The summed E-state index contributed by atoms with van der Waals surface area (Å²) in [7, 11) is 0. The van der Waals surface area contributed by atoms with E-state index >= 15 is 0 Å². The highest BCUT2D eigenvalue weighted by atomic mass is 35.5. The first-order valence-corrected chi connectivity index (χ1v) is 9.69. The average molecular weight is 379 g/mol. The molecule has 0 heterocycles. The lowest BCUT2D eigenvalue weighted by Crippen LogP contribution is -2.10. The number of hydrogen-bond donors (Lipinski definition) is 0. The Labute approximate surface area is 165 Å². The van der Waals surface area contributed by atoms with Gasteiger partial charge in [-0.25, -0.2) is 0 Å². The SMILES string of the molecule is C[C@@]1(COCc2cccc(Oc3ccccc3)c2)[C@@H](Cl)[C@@H]1c1ccccc1. The summed E-state index contributed by atoms with van der Waals surface area (Å²) in [6, 6.07) is 28.3. The Balaban J connectivity index is 1.34. The Morgan fingerprint density at radius 3 is 2.26 bits per heavy atom. The number of benzene rings is 3. The topological polar surface area (TPSA) is 18.5 Å². The van der Waals surface area contributed by atoms with E-state index in [0.29, 0.717) is 19.1 Å². The van der Waals surface area contributed by atoms with E-state index in [1.807, 2.05) is 54.6 Å². The third kappa shape index (κ3) is 4.02. The Hall–Kier alpha value is -2.29. The van der Waals surface area contributed by atoms with Crippen molar-refractivity contribution in [3.8, 4) is 11.5 Å². The van der Waals surface area contributed by atoms with Crippen LogP contribution in [0.2, 0.25) is 0 Å². The number of hydrogen-bond acceptors (Lipinski definition) is 2.